The molecule has 0 spiro atoms. The van der Waals surface area contributed by atoms with Crippen LogP contribution in [0.3, 0.4) is 0 Å². The van der Waals surface area contributed by atoms with E-state index in [4.69, 9.17) is 16.3 Å². The number of rotatable bonds is 3. The second-order valence-corrected chi connectivity index (χ2v) is 5.11. The third kappa shape index (κ3) is 2.25. The molecule has 0 saturated heterocycles. The lowest BCUT2D eigenvalue weighted by Gasteiger charge is -2.15. The molecule has 1 unspecified atom stereocenters. The highest BCUT2D eigenvalue weighted by Crippen LogP contribution is 2.37. The van der Waals surface area contributed by atoms with Gasteiger partial charge in [0, 0.05) is 5.39 Å². The normalized spacial score (nSPS) is 12.3. The molecule has 0 aromatic heterocycles. The monoisotopic (exact) mass is 282 g/mol. The molecule has 0 N–H and O–H groups in total. The standard InChI is InChI=1S/C18H15ClO/c1-20-17-12-11-16(14-9-5-6-10-15(14)17)18(19)13-7-3-2-4-8-13/h2-12,18H,1H3. The molecule has 20 heavy (non-hydrogen) atoms. The number of methoxy groups -OCH3 is 1. The average Bonchev–Trinajstić information content (AvgIpc) is 2.54. The van der Waals surface area contributed by atoms with Crippen molar-refractivity contribution in [2.75, 3.05) is 7.11 Å². The lowest BCUT2D eigenvalue weighted by atomic mass is 9.97. The Morgan fingerprint density at radius 3 is 2.15 bits per heavy atom. The van der Waals surface area contributed by atoms with Crippen molar-refractivity contribution in [1.82, 2.24) is 0 Å². The minimum Gasteiger partial charge on any atom is -0.496 e. The van der Waals surface area contributed by atoms with Crippen molar-refractivity contribution in [1.29, 1.82) is 0 Å². The summed E-state index contributed by atoms with van der Waals surface area (Å²) in [6.45, 7) is 0. The minimum atomic E-state index is -0.160. The third-order valence-electron chi connectivity index (χ3n) is 3.50. The van der Waals surface area contributed by atoms with Gasteiger partial charge in [-0.25, -0.2) is 0 Å². The summed E-state index contributed by atoms with van der Waals surface area (Å²) in [4.78, 5) is 0. The molecule has 0 aliphatic heterocycles. The largest absolute Gasteiger partial charge is 0.496 e. The van der Waals surface area contributed by atoms with E-state index >= 15 is 0 Å². The first-order valence-corrected chi connectivity index (χ1v) is 6.99. The zero-order valence-corrected chi connectivity index (χ0v) is 12.0. The van der Waals surface area contributed by atoms with Gasteiger partial charge in [-0.05, 0) is 22.6 Å². The summed E-state index contributed by atoms with van der Waals surface area (Å²) in [6.07, 6.45) is 0. The maximum Gasteiger partial charge on any atom is 0.126 e. The SMILES string of the molecule is COc1ccc(C(Cl)c2ccccc2)c2ccccc12. The first-order chi connectivity index (χ1) is 9.81. The highest BCUT2D eigenvalue weighted by atomic mass is 35.5. The van der Waals surface area contributed by atoms with E-state index in [2.05, 4.69) is 24.3 Å². The molecule has 3 aromatic rings. The van der Waals surface area contributed by atoms with Crippen LogP contribution in [-0.4, -0.2) is 7.11 Å². The van der Waals surface area contributed by atoms with E-state index in [1.54, 1.807) is 7.11 Å². The van der Waals surface area contributed by atoms with Gasteiger partial charge in [-0.3, -0.25) is 0 Å². The average molecular weight is 283 g/mol. The fourth-order valence-electron chi connectivity index (χ4n) is 2.50. The number of benzene rings is 3. The highest BCUT2D eigenvalue weighted by molar-refractivity contribution is 6.23. The van der Waals surface area contributed by atoms with Crippen molar-refractivity contribution in [2.24, 2.45) is 0 Å². The molecule has 0 fully saturated rings. The number of fused-ring (bicyclic) bond motifs is 1. The lowest BCUT2D eigenvalue weighted by Crippen LogP contribution is -1.95. The van der Waals surface area contributed by atoms with Crippen molar-refractivity contribution < 1.29 is 4.74 Å². The van der Waals surface area contributed by atoms with Gasteiger partial charge in [0.1, 0.15) is 5.75 Å². The summed E-state index contributed by atoms with van der Waals surface area (Å²) >= 11 is 6.67. The van der Waals surface area contributed by atoms with Gasteiger partial charge in [0.15, 0.2) is 0 Å². The molecule has 1 atom stereocenters. The van der Waals surface area contributed by atoms with Crippen molar-refractivity contribution >= 4 is 22.4 Å². The van der Waals surface area contributed by atoms with Gasteiger partial charge in [-0.2, -0.15) is 0 Å². The maximum atomic E-state index is 6.67. The predicted octanol–water partition coefficient (Wildman–Crippen LogP) is 5.18. The van der Waals surface area contributed by atoms with Crippen LogP contribution < -0.4 is 4.74 Å². The third-order valence-corrected chi connectivity index (χ3v) is 3.99. The van der Waals surface area contributed by atoms with Crippen LogP contribution >= 0.6 is 11.6 Å². The van der Waals surface area contributed by atoms with Crippen molar-refractivity contribution in [2.45, 2.75) is 5.38 Å². The van der Waals surface area contributed by atoms with Gasteiger partial charge in [-0.15, -0.1) is 11.6 Å². The molecule has 0 amide bonds. The Morgan fingerprint density at radius 2 is 1.45 bits per heavy atom. The molecule has 0 bridgehead atoms. The molecule has 0 saturated carbocycles. The van der Waals surface area contributed by atoms with Crippen molar-refractivity contribution in [3.8, 4) is 5.75 Å². The second-order valence-electron chi connectivity index (χ2n) is 4.68. The summed E-state index contributed by atoms with van der Waals surface area (Å²) in [7, 11) is 1.69. The molecular formula is C18H15ClO. The summed E-state index contributed by atoms with van der Waals surface area (Å²) < 4.78 is 5.42. The van der Waals surface area contributed by atoms with E-state index in [1.807, 2.05) is 42.5 Å². The maximum absolute atomic E-state index is 6.67. The van der Waals surface area contributed by atoms with Gasteiger partial charge in [-0.1, -0.05) is 60.7 Å². The van der Waals surface area contributed by atoms with Gasteiger partial charge in [0.05, 0.1) is 12.5 Å². The molecule has 0 radical (unpaired) electrons. The number of alkyl halides is 1. The van der Waals surface area contributed by atoms with Crippen LogP contribution in [0, 0.1) is 0 Å². The molecule has 0 aliphatic carbocycles. The quantitative estimate of drug-likeness (QED) is 0.602. The Balaban J connectivity index is 2.18. The molecule has 0 heterocycles. The van der Waals surface area contributed by atoms with Crippen molar-refractivity contribution in [3.05, 3.63) is 77.9 Å². The minimum absolute atomic E-state index is 0.160. The molecule has 3 rings (SSSR count). The summed E-state index contributed by atoms with van der Waals surface area (Å²) in [5.41, 5.74) is 2.21. The zero-order valence-electron chi connectivity index (χ0n) is 11.2. The number of ether oxygens (including phenoxy) is 1. The topological polar surface area (TPSA) is 9.23 Å². The van der Waals surface area contributed by atoms with Crippen LogP contribution in [0.15, 0.2) is 66.7 Å². The van der Waals surface area contributed by atoms with Crippen LogP contribution in [0.5, 0.6) is 5.75 Å². The molecule has 100 valence electrons. The van der Waals surface area contributed by atoms with Gasteiger partial charge in [0.2, 0.25) is 0 Å². The first-order valence-electron chi connectivity index (χ1n) is 6.56. The van der Waals surface area contributed by atoms with E-state index in [0.717, 1.165) is 27.6 Å². The Morgan fingerprint density at radius 1 is 0.800 bits per heavy atom. The summed E-state index contributed by atoms with van der Waals surface area (Å²) in [5, 5.41) is 2.07. The van der Waals surface area contributed by atoms with Crippen LogP contribution in [0.1, 0.15) is 16.5 Å². The van der Waals surface area contributed by atoms with Crippen LogP contribution in [0.2, 0.25) is 0 Å². The zero-order chi connectivity index (χ0) is 13.9. The predicted molar refractivity (Wildman–Crippen MR) is 84.6 cm³/mol. The highest BCUT2D eigenvalue weighted by Gasteiger charge is 2.15. The van der Waals surface area contributed by atoms with E-state index in [1.165, 1.54) is 0 Å². The Labute approximate surface area is 123 Å². The van der Waals surface area contributed by atoms with E-state index in [0.29, 0.717) is 0 Å². The first kappa shape index (κ1) is 13.0. The van der Waals surface area contributed by atoms with E-state index in [-0.39, 0.29) is 5.38 Å². The molecular weight excluding hydrogens is 268 g/mol. The molecule has 2 heteroatoms. The molecule has 3 aromatic carbocycles. The molecule has 1 nitrogen and oxygen atoms in total. The Kier molecular flexibility index (Phi) is 3.62. The van der Waals surface area contributed by atoms with Crippen LogP contribution in [0.25, 0.3) is 10.8 Å². The lowest BCUT2D eigenvalue weighted by molar-refractivity contribution is 0.419. The fourth-order valence-corrected chi connectivity index (χ4v) is 2.83. The number of hydrogen-bond donors (Lipinski definition) is 0. The Bertz CT molecular complexity index is 722. The van der Waals surface area contributed by atoms with Gasteiger partial charge >= 0.3 is 0 Å². The van der Waals surface area contributed by atoms with Crippen LogP contribution in [-0.2, 0) is 0 Å². The Hall–Kier alpha value is -1.99. The summed E-state index contributed by atoms with van der Waals surface area (Å²) in [5.74, 6) is 0.876. The van der Waals surface area contributed by atoms with Gasteiger partial charge in [0.25, 0.3) is 0 Å². The fraction of sp³-hybridized carbons (Fsp3) is 0.111. The van der Waals surface area contributed by atoms with E-state index in [9.17, 15) is 0 Å². The number of halogens is 1. The van der Waals surface area contributed by atoms with E-state index < -0.39 is 0 Å². The number of hydrogen-bond acceptors (Lipinski definition) is 1. The smallest absolute Gasteiger partial charge is 0.126 e. The molecule has 0 aliphatic rings. The van der Waals surface area contributed by atoms with Gasteiger partial charge < -0.3 is 4.74 Å². The second kappa shape index (κ2) is 5.56. The van der Waals surface area contributed by atoms with Crippen molar-refractivity contribution in [3.63, 3.8) is 0 Å². The summed E-state index contributed by atoms with van der Waals surface area (Å²) in [6, 6.07) is 22.3. The van der Waals surface area contributed by atoms with Crippen LogP contribution in [0.4, 0.5) is 0 Å².